The standard InChI is InChI=1S/C21H21N3O5/c1-28-10-9-24-20(12-7-8-15(26)16(11-12)29-2)17-18(22-23-19(17)21(24)27)13-5-3-4-6-14(13)25/h3-8,11,20,25-26H,9-10H2,1-2H3,(H,22,23). The van der Waals surface area contributed by atoms with Gasteiger partial charge in [0, 0.05) is 24.8 Å². The molecule has 0 spiro atoms. The number of benzene rings is 2. The predicted octanol–water partition coefficient (Wildman–Crippen LogP) is 2.69. The Labute approximate surface area is 167 Å². The van der Waals surface area contributed by atoms with Crippen LogP contribution in [0.15, 0.2) is 42.5 Å². The van der Waals surface area contributed by atoms with Gasteiger partial charge in [-0.25, -0.2) is 0 Å². The number of aromatic nitrogens is 2. The van der Waals surface area contributed by atoms with Gasteiger partial charge in [-0.05, 0) is 29.8 Å². The van der Waals surface area contributed by atoms with Crippen molar-refractivity contribution in [2.24, 2.45) is 0 Å². The summed E-state index contributed by atoms with van der Waals surface area (Å²) in [6.45, 7) is 0.729. The summed E-state index contributed by atoms with van der Waals surface area (Å²) < 4.78 is 10.4. The minimum Gasteiger partial charge on any atom is -0.507 e. The number of hydrogen-bond acceptors (Lipinski definition) is 6. The third kappa shape index (κ3) is 3.07. The van der Waals surface area contributed by atoms with Crippen LogP contribution in [0.25, 0.3) is 11.3 Å². The highest BCUT2D eigenvalue weighted by Crippen LogP contribution is 2.45. The molecule has 0 saturated carbocycles. The van der Waals surface area contributed by atoms with Crippen LogP contribution in [0.1, 0.15) is 27.7 Å². The van der Waals surface area contributed by atoms with E-state index in [1.807, 2.05) is 0 Å². The molecule has 8 heteroatoms. The van der Waals surface area contributed by atoms with Crippen molar-refractivity contribution in [1.29, 1.82) is 0 Å². The van der Waals surface area contributed by atoms with Crippen LogP contribution in [-0.2, 0) is 4.74 Å². The molecule has 0 aliphatic carbocycles. The van der Waals surface area contributed by atoms with Crippen molar-refractivity contribution in [1.82, 2.24) is 15.1 Å². The van der Waals surface area contributed by atoms with Crippen LogP contribution in [0.4, 0.5) is 0 Å². The van der Waals surface area contributed by atoms with E-state index in [9.17, 15) is 15.0 Å². The Morgan fingerprint density at radius 2 is 1.93 bits per heavy atom. The zero-order valence-electron chi connectivity index (χ0n) is 16.0. The van der Waals surface area contributed by atoms with Gasteiger partial charge in [0.05, 0.1) is 19.8 Å². The molecule has 3 aromatic rings. The lowest BCUT2D eigenvalue weighted by atomic mass is 9.95. The van der Waals surface area contributed by atoms with Crippen molar-refractivity contribution in [2.45, 2.75) is 6.04 Å². The Balaban J connectivity index is 1.90. The van der Waals surface area contributed by atoms with Crippen LogP contribution in [0, 0.1) is 0 Å². The molecule has 1 aromatic heterocycles. The number of aromatic amines is 1. The maximum Gasteiger partial charge on any atom is 0.273 e. The molecule has 29 heavy (non-hydrogen) atoms. The summed E-state index contributed by atoms with van der Waals surface area (Å²) >= 11 is 0. The lowest BCUT2D eigenvalue weighted by Crippen LogP contribution is -2.32. The predicted molar refractivity (Wildman–Crippen MR) is 105 cm³/mol. The molecule has 2 heterocycles. The zero-order valence-corrected chi connectivity index (χ0v) is 16.0. The van der Waals surface area contributed by atoms with E-state index in [2.05, 4.69) is 10.2 Å². The highest BCUT2D eigenvalue weighted by molar-refractivity contribution is 6.00. The zero-order chi connectivity index (χ0) is 20.5. The van der Waals surface area contributed by atoms with Gasteiger partial charge in [0.2, 0.25) is 0 Å². The Morgan fingerprint density at radius 3 is 2.66 bits per heavy atom. The fourth-order valence-corrected chi connectivity index (χ4v) is 3.71. The molecule has 0 bridgehead atoms. The van der Waals surface area contributed by atoms with Gasteiger partial charge < -0.3 is 24.6 Å². The largest absolute Gasteiger partial charge is 0.507 e. The monoisotopic (exact) mass is 395 g/mol. The van der Waals surface area contributed by atoms with E-state index >= 15 is 0 Å². The first-order chi connectivity index (χ1) is 14.1. The van der Waals surface area contributed by atoms with Crippen LogP contribution < -0.4 is 4.74 Å². The second kappa shape index (κ2) is 7.48. The second-order valence-electron chi connectivity index (χ2n) is 6.70. The van der Waals surface area contributed by atoms with E-state index in [1.54, 1.807) is 48.4 Å². The van der Waals surface area contributed by atoms with Gasteiger partial charge in [-0.1, -0.05) is 18.2 Å². The fourth-order valence-electron chi connectivity index (χ4n) is 3.71. The SMILES string of the molecule is COCCN1C(=O)c2[nH]nc(-c3ccccc3O)c2C1c1ccc(O)c(OC)c1. The molecule has 1 amide bonds. The van der Waals surface area contributed by atoms with Crippen molar-refractivity contribution >= 4 is 5.91 Å². The first-order valence-corrected chi connectivity index (χ1v) is 9.10. The van der Waals surface area contributed by atoms with Gasteiger partial charge in [0.1, 0.15) is 17.1 Å². The normalized spacial score (nSPS) is 15.6. The summed E-state index contributed by atoms with van der Waals surface area (Å²) in [5.74, 6) is 0.190. The number of rotatable bonds is 6. The number of nitrogens with zero attached hydrogens (tertiary/aromatic N) is 2. The summed E-state index contributed by atoms with van der Waals surface area (Å²) in [6.07, 6.45) is 0. The number of aromatic hydroxyl groups is 2. The molecule has 8 nitrogen and oxygen atoms in total. The molecule has 1 aliphatic rings. The highest BCUT2D eigenvalue weighted by atomic mass is 16.5. The van der Waals surface area contributed by atoms with E-state index < -0.39 is 6.04 Å². The number of nitrogens with one attached hydrogen (secondary N) is 1. The number of phenols is 2. The van der Waals surface area contributed by atoms with Gasteiger partial charge >= 0.3 is 0 Å². The van der Waals surface area contributed by atoms with Crippen molar-refractivity contribution < 1.29 is 24.5 Å². The van der Waals surface area contributed by atoms with Crippen LogP contribution in [0.2, 0.25) is 0 Å². The van der Waals surface area contributed by atoms with Gasteiger partial charge in [-0.15, -0.1) is 0 Å². The van der Waals surface area contributed by atoms with E-state index in [0.29, 0.717) is 41.4 Å². The van der Waals surface area contributed by atoms with Crippen molar-refractivity contribution in [3.8, 4) is 28.5 Å². The molecule has 0 saturated heterocycles. The highest BCUT2D eigenvalue weighted by Gasteiger charge is 2.42. The summed E-state index contributed by atoms with van der Waals surface area (Å²) in [6, 6.07) is 11.4. The molecule has 1 aliphatic heterocycles. The molecule has 0 radical (unpaired) electrons. The molecule has 1 unspecified atom stereocenters. The Kier molecular flexibility index (Phi) is 4.85. The van der Waals surface area contributed by atoms with E-state index in [-0.39, 0.29) is 17.4 Å². The van der Waals surface area contributed by atoms with Crippen LogP contribution in [-0.4, -0.2) is 58.6 Å². The van der Waals surface area contributed by atoms with E-state index in [0.717, 1.165) is 5.56 Å². The van der Waals surface area contributed by atoms with E-state index in [4.69, 9.17) is 9.47 Å². The molecule has 150 valence electrons. The van der Waals surface area contributed by atoms with Crippen LogP contribution in [0.5, 0.6) is 17.2 Å². The lowest BCUT2D eigenvalue weighted by Gasteiger charge is -2.26. The number of H-pyrrole nitrogens is 1. The third-order valence-corrected chi connectivity index (χ3v) is 5.08. The van der Waals surface area contributed by atoms with Crippen molar-refractivity contribution in [3.63, 3.8) is 0 Å². The van der Waals surface area contributed by atoms with E-state index in [1.165, 1.54) is 13.2 Å². The molecule has 3 N–H and O–H groups in total. The Hall–Kier alpha value is -3.52. The third-order valence-electron chi connectivity index (χ3n) is 5.08. The maximum atomic E-state index is 13.1. The Bertz CT molecular complexity index is 1060. The quantitative estimate of drug-likeness (QED) is 0.592. The maximum absolute atomic E-state index is 13.1. The van der Waals surface area contributed by atoms with Gasteiger partial charge in [0.15, 0.2) is 11.5 Å². The molecular formula is C21H21N3O5. The van der Waals surface area contributed by atoms with Gasteiger partial charge in [-0.3, -0.25) is 9.89 Å². The average molecular weight is 395 g/mol. The number of para-hydroxylation sites is 1. The number of hydrogen-bond donors (Lipinski definition) is 3. The number of ether oxygens (including phenoxy) is 2. The molecular weight excluding hydrogens is 374 g/mol. The summed E-state index contributed by atoms with van der Waals surface area (Å²) in [5.41, 5.74) is 2.82. The minimum absolute atomic E-state index is 0.0114. The lowest BCUT2D eigenvalue weighted by molar-refractivity contribution is 0.0677. The number of methoxy groups -OCH3 is 2. The molecule has 0 fully saturated rings. The molecule has 1 atom stereocenters. The average Bonchev–Trinajstić information content (AvgIpc) is 3.26. The van der Waals surface area contributed by atoms with Crippen LogP contribution in [0.3, 0.4) is 0 Å². The van der Waals surface area contributed by atoms with Crippen molar-refractivity contribution in [3.05, 3.63) is 59.3 Å². The smallest absolute Gasteiger partial charge is 0.273 e. The Morgan fingerprint density at radius 1 is 1.14 bits per heavy atom. The van der Waals surface area contributed by atoms with Gasteiger partial charge in [0.25, 0.3) is 5.91 Å². The second-order valence-corrected chi connectivity index (χ2v) is 6.70. The fraction of sp³-hybridized carbons (Fsp3) is 0.238. The molecule has 2 aromatic carbocycles. The number of amides is 1. The van der Waals surface area contributed by atoms with Gasteiger partial charge in [-0.2, -0.15) is 5.10 Å². The summed E-state index contributed by atoms with van der Waals surface area (Å²) in [7, 11) is 3.05. The topological polar surface area (TPSA) is 108 Å². The number of carbonyl (C=O) groups excluding carboxylic acids is 1. The molecule has 4 rings (SSSR count). The number of fused-ring (bicyclic) bond motifs is 1. The van der Waals surface area contributed by atoms with Crippen molar-refractivity contribution in [2.75, 3.05) is 27.4 Å². The minimum atomic E-state index is -0.476. The summed E-state index contributed by atoms with van der Waals surface area (Å²) in [4.78, 5) is 14.8. The van der Waals surface area contributed by atoms with Crippen LogP contribution >= 0.6 is 0 Å². The number of carbonyl (C=O) groups is 1. The number of phenolic OH excluding ortho intramolecular Hbond substituents is 2. The summed E-state index contributed by atoms with van der Waals surface area (Å²) in [5, 5.41) is 27.5. The first kappa shape index (κ1) is 18.8. The first-order valence-electron chi connectivity index (χ1n) is 9.10.